The van der Waals surface area contributed by atoms with Crippen molar-refractivity contribution in [1.29, 1.82) is 0 Å². The lowest BCUT2D eigenvalue weighted by molar-refractivity contribution is -0.268. The van der Waals surface area contributed by atoms with Crippen LogP contribution in [0.25, 0.3) is 0 Å². The predicted octanol–water partition coefficient (Wildman–Crippen LogP) is 3.52. The molecule has 6 nitrogen and oxygen atoms in total. The van der Waals surface area contributed by atoms with E-state index in [0.717, 1.165) is 51.5 Å². The molecule has 36 heavy (non-hydrogen) atoms. The molecule has 0 amide bonds. The van der Waals surface area contributed by atoms with E-state index in [4.69, 9.17) is 4.74 Å². The molecule has 200 valence electrons. The Bertz CT molecular complexity index is 975. The first-order valence-corrected chi connectivity index (χ1v) is 14.6. The van der Waals surface area contributed by atoms with Crippen LogP contribution >= 0.6 is 0 Å². The zero-order chi connectivity index (χ0) is 26.0. The Morgan fingerprint density at radius 2 is 1.86 bits per heavy atom. The molecule has 3 saturated carbocycles. The normalized spacial score (nSPS) is 58.4. The Morgan fingerprint density at radius 1 is 1.14 bits per heavy atom. The Hall–Kier alpha value is -0.915. The van der Waals surface area contributed by atoms with Gasteiger partial charge in [-0.15, -0.1) is 0 Å². The highest BCUT2D eigenvalue weighted by Gasteiger charge is 2.74. The molecule has 7 heteroatoms. The van der Waals surface area contributed by atoms with E-state index in [-0.39, 0.29) is 64.6 Å². The number of aliphatic hydroxyl groups is 1. The van der Waals surface area contributed by atoms with Gasteiger partial charge in [-0.05, 0) is 72.5 Å². The van der Waals surface area contributed by atoms with Gasteiger partial charge in [-0.1, -0.05) is 46.9 Å². The minimum Gasteiger partial charge on any atom is -0.481 e. The lowest BCUT2D eigenvalue weighted by atomic mass is 9.34. The molecular formula is C29H46BNO5. The summed E-state index contributed by atoms with van der Waals surface area (Å²) in [5, 5.41) is 21.5. The Kier molecular flexibility index (Phi) is 5.51. The Balaban J connectivity index is 1.51. The molecule has 6 rings (SSSR count). The number of carboxylic acid groups (broad SMARTS) is 1. The quantitative estimate of drug-likeness (QED) is 0.566. The SMILES string of the molecule is BC1CC(O)C2C(C)C(=O)C3C(C)(CC4N5CC6CC(C)CC5(CCC4(C)C3(C)CC(=O)O)O6)C2C1. The van der Waals surface area contributed by atoms with Crippen LogP contribution in [0.1, 0.15) is 86.0 Å². The standard InChI is InChI=1S/C29H46BNO5/c1-15-8-18-14-31-21-12-26(3)19-9-17(30)10-20(32)23(19)16(2)24(35)25(26)28(5,13-22(33)34)27(21,4)6-7-29(31,11-15)36-18/h15-21,23,25,32H,6-14,30H2,1-5H3,(H,33,34). The van der Waals surface area contributed by atoms with E-state index >= 15 is 0 Å². The topological polar surface area (TPSA) is 87.1 Å². The number of carbonyl (C=O) groups is 2. The Labute approximate surface area is 217 Å². The average Bonchev–Trinajstić information content (AvgIpc) is 3.03. The molecule has 0 aromatic rings. The number of hydrogen-bond donors (Lipinski definition) is 2. The van der Waals surface area contributed by atoms with Gasteiger partial charge in [0.15, 0.2) is 0 Å². The maximum absolute atomic E-state index is 14.4. The van der Waals surface area contributed by atoms with E-state index in [2.05, 4.69) is 40.4 Å². The number of ketones is 1. The second-order valence-electron chi connectivity index (χ2n) is 15.0. The summed E-state index contributed by atoms with van der Waals surface area (Å²) in [7, 11) is 2.23. The first-order chi connectivity index (χ1) is 16.8. The largest absolute Gasteiger partial charge is 0.481 e. The minimum atomic E-state index is -0.799. The number of aliphatic hydroxyl groups excluding tert-OH is 1. The molecule has 13 atom stereocenters. The van der Waals surface area contributed by atoms with Gasteiger partial charge in [-0.25, -0.2) is 0 Å². The second kappa shape index (κ2) is 7.82. The molecule has 6 fully saturated rings. The third-order valence-electron chi connectivity index (χ3n) is 12.9. The van der Waals surface area contributed by atoms with Crippen LogP contribution in [0.2, 0.25) is 5.82 Å². The molecule has 3 heterocycles. The number of Topliss-reactive ketones (excluding diaryl/α,β-unsaturated/α-hetero) is 1. The molecule has 0 aromatic carbocycles. The van der Waals surface area contributed by atoms with Crippen molar-refractivity contribution in [3.05, 3.63) is 0 Å². The fourth-order valence-corrected chi connectivity index (χ4v) is 11.4. The maximum Gasteiger partial charge on any atom is 0.303 e. The fourth-order valence-electron chi connectivity index (χ4n) is 11.4. The van der Waals surface area contributed by atoms with E-state index in [1.54, 1.807) is 0 Å². The summed E-state index contributed by atoms with van der Waals surface area (Å²) < 4.78 is 6.75. The molecule has 2 N–H and O–H groups in total. The first kappa shape index (κ1) is 25.4. The van der Waals surface area contributed by atoms with Crippen molar-refractivity contribution in [3.63, 3.8) is 0 Å². The van der Waals surface area contributed by atoms with Crippen molar-refractivity contribution >= 4 is 19.6 Å². The van der Waals surface area contributed by atoms with Crippen molar-refractivity contribution in [2.45, 2.75) is 116 Å². The monoisotopic (exact) mass is 499 g/mol. The smallest absolute Gasteiger partial charge is 0.303 e. The van der Waals surface area contributed by atoms with Gasteiger partial charge in [0, 0.05) is 24.4 Å². The third kappa shape index (κ3) is 3.08. The van der Waals surface area contributed by atoms with E-state index in [1.807, 2.05) is 6.92 Å². The number of ether oxygens (including phenoxy) is 1. The number of hydrogen-bond acceptors (Lipinski definition) is 5. The van der Waals surface area contributed by atoms with Crippen LogP contribution in [0.3, 0.4) is 0 Å². The summed E-state index contributed by atoms with van der Waals surface area (Å²) >= 11 is 0. The van der Waals surface area contributed by atoms with E-state index in [1.165, 1.54) is 0 Å². The van der Waals surface area contributed by atoms with Gasteiger partial charge in [0.2, 0.25) is 0 Å². The van der Waals surface area contributed by atoms with Crippen LogP contribution in [0.5, 0.6) is 0 Å². The van der Waals surface area contributed by atoms with Crippen LogP contribution in [-0.2, 0) is 14.3 Å². The number of carbonyl (C=O) groups excluding carboxylic acids is 1. The van der Waals surface area contributed by atoms with Crippen LogP contribution in [0.15, 0.2) is 0 Å². The highest BCUT2D eigenvalue weighted by molar-refractivity contribution is 6.11. The van der Waals surface area contributed by atoms with Crippen LogP contribution in [0.4, 0.5) is 0 Å². The first-order valence-electron chi connectivity index (χ1n) is 14.6. The zero-order valence-corrected chi connectivity index (χ0v) is 23.1. The summed E-state index contributed by atoms with van der Waals surface area (Å²) in [5.41, 5.74) is -1.50. The van der Waals surface area contributed by atoms with Gasteiger partial charge >= 0.3 is 5.97 Å². The highest BCUT2D eigenvalue weighted by Crippen LogP contribution is 2.73. The van der Waals surface area contributed by atoms with Crippen molar-refractivity contribution in [1.82, 2.24) is 4.90 Å². The summed E-state index contributed by atoms with van der Waals surface area (Å²) in [6.45, 7) is 12.0. The van der Waals surface area contributed by atoms with Gasteiger partial charge in [0.25, 0.3) is 0 Å². The van der Waals surface area contributed by atoms with Crippen molar-refractivity contribution in [2.24, 2.45) is 45.8 Å². The molecule has 2 bridgehead atoms. The van der Waals surface area contributed by atoms with Gasteiger partial charge in [0.05, 0.1) is 18.6 Å². The molecular weight excluding hydrogens is 453 g/mol. The molecule has 3 saturated heterocycles. The molecule has 1 spiro atoms. The molecule has 3 aliphatic carbocycles. The minimum absolute atomic E-state index is 0.0236. The second-order valence-corrected chi connectivity index (χ2v) is 15.0. The number of aliphatic carboxylic acids is 1. The molecule has 3 aliphatic heterocycles. The van der Waals surface area contributed by atoms with Crippen molar-refractivity contribution in [2.75, 3.05) is 6.54 Å². The summed E-state index contributed by atoms with van der Waals surface area (Å²) in [4.78, 5) is 29.5. The van der Waals surface area contributed by atoms with Gasteiger partial charge < -0.3 is 14.9 Å². The summed E-state index contributed by atoms with van der Waals surface area (Å²) in [5.74, 6) is 0.123. The average molecular weight is 500 g/mol. The van der Waals surface area contributed by atoms with Crippen LogP contribution in [0, 0.1) is 45.8 Å². The lowest BCUT2D eigenvalue weighted by Crippen LogP contribution is -2.75. The lowest BCUT2D eigenvalue weighted by Gasteiger charge is -2.72. The molecule has 0 radical (unpaired) electrons. The van der Waals surface area contributed by atoms with Crippen molar-refractivity contribution in [3.8, 4) is 0 Å². The summed E-state index contributed by atoms with van der Waals surface area (Å²) in [6.07, 6.45) is 6.46. The third-order valence-corrected chi connectivity index (χ3v) is 12.9. The van der Waals surface area contributed by atoms with Crippen LogP contribution in [-0.4, -0.2) is 65.2 Å². The van der Waals surface area contributed by atoms with Crippen molar-refractivity contribution < 1.29 is 24.5 Å². The van der Waals surface area contributed by atoms with Gasteiger partial charge in [-0.3, -0.25) is 14.5 Å². The van der Waals surface area contributed by atoms with E-state index in [0.29, 0.717) is 11.7 Å². The molecule has 13 unspecified atom stereocenters. The van der Waals surface area contributed by atoms with E-state index < -0.39 is 17.5 Å². The molecule has 6 aliphatic rings. The zero-order valence-electron chi connectivity index (χ0n) is 23.1. The number of rotatable bonds is 2. The maximum atomic E-state index is 14.4. The molecule has 0 aromatic heterocycles. The fraction of sp³-hybridized carbons (Fsp3) is 0.931. The summed E-state index contributed by atoms with van der Waals surface area (Å²) in [6, 6.07) is 0.184. The number of piperidine rings is 1. The number of fused-ring (bicyclic) bond motifs is 6. The predicted molar refractivity (Wildman–Crippen MR) is 139 cm³/mol. The van der Waals surface area contributed by atoms with Crippen LogP contribution < -0.4 is 0 Å². The highest BCUT2D eigenvalue weighted by atomic mass is 16.5. The Morgan fingerprint density at radius 3 is 2.56 bits per heavy atom. The number of nitrogens with zero attached hydrogens (tertiary/aromatic N) is 1. The number of carboxylic acids is 1. The van der Waals surface area contributed by atoms with Gasteiger partial charge in [0.1, 0.15) is 19.4 Å². The van der Waals surface area contributed by atoms with E-state index in [9.17, 15) is 19.8 Å². The van der Waals surface area contributed by atoms with Gasteiger partial charge in [-0.2, -0.15) is 0 Å².